The van der Waals surface area contributed by atoms with Crippen LogP contribution in [0.15, 0.2) is 47.1 Å². The van der Waals surface area contributed by atoms with Crippen molar-refractivity contribution >= 4 is 32.9 Å². The van der Waals surface area contributed by atoms with Gasteiger partial charge in [0.15, 0.2) is 0 Å². The van der Waals surface area contributed by atoms with Crippen LogP contribution in [-0.4, -0.2) is 4.98 Å². The summed E-state index contributed by atoms with van der Waals surface area (Å²) in [7, 11) is 0. The second kappa shape index (κ2) is 6.16. The monoisotopic (exact) mass is 341 g/mol. The molecule has 2 aromatic rings. The average molecular weight is 343 g/mol. The van der Waals surface area contributed by atoms with Crippen LogP contribution >= 0.6 is 32.9 Å². The Hall–Kier alpha value is -0.670. The molecular formula is C13H13Br2N. The zero-order chi connectivity index (χ0) is 10.7. The molecule has 0 saturated heterocycles. The number of hydrogen-bond donors (Lipinski definition) is 0. The van der Waals surface area contributed by atoms with Gasteiger partial charge in [-0.1, -0.05) is 35.9 Å². The third-order valence-corrected chi connectivity index (χ3v) is 2.72. The largest absolute Gasteiger partial charge is 0.246 e. The van der Waals surface area contributed by atoms with Gasteiger partial charge in [0.25, 0.3) is 0 Å². The summed E-state index contributed by atoms with van der Waals surface area (Å²) in [5, 5.41) is 0. The van der Waals surface area contributed by atoms with Gasteiger partial charge in [-0.05, 0) is 40.5 Å². The Morgan fingerprint density at radius 1 is 1.06 bits per heavy atom. The summed E-state index contributed by atoms with van der Waals surface area (Å²) in [6.07, 6.45) is 0.889. The van der Waals surface area contributed by atoms with Crippen molar-refractivity contribution in [2.75, 3.05) is 0 Å². The van der Waals surface area contributed by atoms with Crippen molar-refractivity contribution in [3.8, 4) is 0 Å². The Balaban J connectivity index is 0.00000128. The van der Waals surface area contributed by atoms with Crippen molar-refractivity contribution < 1.29 is 0 Å². The number of aryl methyl sites for hydroxylation is 1. The van der Waals surface area contributed by atoms with E-state index < -0.39 is 0 Å². The Labute approximate surface area is 115 Å². The third kappa shape index (κ3) is 3.72. The number of nitrogens with zero attached hydrogens (tertiary/aromatic N) is 1. The fraction of sp³-hybridized carbons (Fsp3) is 0.154. The average Bonchev–Trinajstić information content (AvgIpc) is 2.22. The lowest BCUT2D eigenvalue weighted by molar-refractivity contribution is 1.06. The molecule has 0 unspecified atom stereocenters. The molecule has 0 atom stereocenters. The van der Waals surface area contributed by atoms with Crippen molar-refractivity contribution in [1.82, 2.24) is 4.98 Å². The minimum absolute atomic E-state index is 0. The van der Waals surface area contributed by atoms with E-state index in [1.54, 1.807) is 0 Å². The molecule has 0 aliphatic heterocycles. The molecule has 0 aliphatic carbocycles. The van der Waals surface area contributed by atoms with Gasteiger partial charge in [0.05, 0.1) is 0 Å². The van der Waals surface area contributed by atoms with Gasteiger partial charge in [-0.2, -0.15) is 0 Å². The van der Waals surface area contributed by atoms with Crippen LogP contribution in [0.3, 0.4) is 0 Å². The van der Waals surface area contributed by atoms with E-state index in [2.05, 4.69) is 52.1 Å². The van der Waals surface area contributed by atoms with E-state index >= 15 is 0 Å². The van der Waals surface area contributed by atoms with E-state index in [9.17, 15) is 0 Å². The number of rotatable bonds is 2. The van der Waals surface area contributed by atoms with Crippen LogP contribution in [0.25, 0.3) is 0 Å². The standard InChI is InChI=1S/C13H12BrN.BrH/c1-10-5-7-11(8-6-10)9-12-3-2-4-13(14)15-12;/h2-8H,9H2,1H3;1H. The van der Waals surface area contributed by atoms with E-state index in [0.29, 0.717) is 0 Å². The summed E-state index contributed by atoms with van der Waals surface area (Å²) in [5.74, 6) is 0. The molecule has 1 aromatic carbocycles. The molecule has 0 fully saturated rings. The molecule has 0 aliphatic rings. The maximum absolute atomic E-state index is 4.41. The van der Waals surface area contributed by atoms with Crippen LogP contribution < -0.4 is 0 Å². The number of pyridine rings is 1. The van der Waals surface area contributed by atoms with Gasteiger partial charge in [-0.25, -0.2) is 4.98 Å². The second-order valence-corrected chi connectivity index (χ2v) is 4.43. The number of benzene rings is 1. The van der Waals surface area contributed by atoms with Gasteiger partial charge in [0, 0.05) is 12.1 Å². The summed E-state index contributed by atoms with van der Waals surface area (Å²) < 4.78 is 0.895. The van der Waals surface area contributed by atoms with Gasteiger partial charge in [0.2, 0.25) is 0 Å². The van der Waals surface area contributed by atoms with Gasteiger partial charge in [0.1, 0.15) is 4.60 Å². The SMILES string of the molecule is Br.Cc1ccc(Cc2cccc(Br)n2)cc1. The fourth-order valence-electron chi connectivity index (χ4n) is 1.46. The minimum atomic E-state index is 0. The van der Waals surface area contributed by atoms with Crippen molar-refractivity contribution in [2.45, 2.75) is 13.3 Å². The molecule has 2 rings (SSSR count). The lowest BCUT2D eigenvalue weighted by Crippen LogP contribution is -1.92. The first-order valence-electron chi connectivity index (χ1n) is 4.91. The Bertz CT molecular complexity index is 452. The zero-order valence-electron chi connectivity index (χ0n) is 8.98. The first kappa shape index (κ1) is 13.4. The van der Waals surface area contributed by atoms with Crippen molar-refractivity contribution in [2.24, 2.45) is 0 Å². The van der Waals surface area contributed by atoms with Crippen LogP contribution in [0.4, 0.5) is 0 Å². The van der Waals surface area contributed by atoms with Crippen LogP contribution in [-0.2, 0) is 6.42 Å². The predicted octanol–water partition coefficient (Wildman–Crippen LogP) is 4.32. The van der Waals surface area contributed by atoms with E-state index in [1.165, 1.54) is 11.1 Å². The molecule has 0 radical (unpaired) electrons. The van der Waals surface area contributed by atoms with Crippen molar-refractivity contribution in [3.63, 3.8) is 0 Å². The number of aromatic nitrogens is 1. The second-order valence-electron chi connectivity index (χ2n) is 3.61. The van der Waals surface area contributed by atoms with E-state index in [1.807, 2.05) is 18.2 Å². The molecule has 0 N–H and O–H groups in total. The summed E-state index contributed by atoms with van der Waals surface area (Å²) in [6.45, 7) is 2.10. The lowest BCUT2D eigenvalue weighted by atomic mass is 10.1. The highest BCUT2D eigenvalue weighted by atomic mass is 79.9. The highest BCUT2D eigenvalue weighted by Crippen LogP contribution is 2.11. The first-order valence-corrected chi connectivity index (χ1v) is 5.70. The van der Waals surface area contributed by atoms with E-state index in [-0.39, 0.29) is 17.0 Å². The molecule has 1 heterocycles. The van der Waals surface area contributed by atoms with Crippen molar-refractivity contribution in [1.29, 1.82) is 0 Å². The Morgan fingerprint density at radius 2 is 1.75 bits per heavy atom. The van der Waals surface area contributed by atoms with E-state index in [4.69, 9.17) is 0 Å². The molecule has 0 saturated carbocycles. The molecule has 0 spiro atoms. The van der Waals surface area contributed by atoms with E-state index in [0.717, 1.165) is 16.7 Å². The van der Waals surface area contributed by atoms with Gasteiger partial charge < -0.3 is 0 Å². The van der Waals surface area contributed by atoms with Gasteiger partial charge >= 0.3 is 0 Å². The minimum Gasteiger partial charge on any atom is -0.246 e. The fourth-order valence-corrected chi connectivity index (χ4v) is 1.84. The quantitative estimate of drug-likeness (QED) is 0.740. The Morgan fingerprint density at radius 3 is 2.38 bits per heavy atom. The topological polar surface area (TPSA) is 12.9 Å². The highest BCUT2D eigenvalue weighted by Gasteiger charge is 1.97. The number of halogens is 2. The molecule has 84 valence electrons. The first-order chi connectivity index (χ1) is 7.24. The van der Waals surface area contributed by atoms with Crippen LogP contribution in [0, 0.1) is 6.92 Å². The lowest BCUT2D eigenvalue weighted by Gasteiger charge is -2.02. The van der Waals surface area contributed by atoms with Crippen LogP contribution in [0.1, 0.15) is 16.8 Å². The van der Waals surface area contributed by atoms with Crippen LogP contribution in [0.2, 0.25) is 0 Å². The summed E-state index contributed by atoms with van der Waals surface area (Å²) in [4.78, 5) is 4.41. The maximum Gasteiger partial charge on any atom is 0.106 e. The van der Waals surface area contributed by atoms with Gasteiger partial charge in [-0.3, -0.25) is 0 Å². The molecule has 0 amide bonds. The molecule has 3 heteroatoms. The predicted molar refractivity (Wildman–Crippen MR) is 76.2 cm³/mol. The summed E-state index contributed by atoms with van der Waals surface area (Å²) in [6, 6.07) is 14.6. The molecule has 1 nitrogen and oxygen atoms in total. The summed E-state index contributed by atoms with van der Waals surface area (Å²) in [5.41, 5.74) is 3.68. The Kier molecular flexibility index (Phi) is 5.16. The highest BCUT2D eigenvalue weighted by molar-refractivity contribution is 9.10. The number of hydrogen-bond acceptors (Lipinski definition) is 1. The normalized spacial score (nSPS) is 9.62. The van der Waals surface area contributed by atoms with Crippen molar-refractivity contribution in [3.05, 3.63) is 63.9 Å². The maximum atomic E-state index is 4.41. The molecule has 1 aromatic heterocycles. The molecule has 0 bridgehead atoms. The molecular weight excluding hydrogens is 330 g/mol. The third-order valence-electron chi connectivity index (χ3n) is 2.28. The molecule has 16 heavy (non-hydrogen) atoms. The zero-order valence-corrected chi connectivity index (χ0v) is 12.3. The van der Waals surface area contributed by atoms with Crippen LogP contribution in [0.5, 0.6) is 0 Å². The summed E-state index contributed by atoms with van der Waals surface area (Å²) >= 11 is 3.38. The smallest absolute Gasteiger partial charge is 0.106 e. The van der Waals surface area contributed by atoms with Gasteiger partial charge in [-0.15, -0.1) is 17.0 Å².